The van der Waals surface area contributed by atoms with E-state index in [-0.39, 0.29) is 13.7 Å². The maximum absolute atomic E-state index is 13.3. The maximum atomic E-state index is 13.3. The standard InChI is InChI=1S/C31H61AsO3/c1-5-8-11-14-17-20-23-26-29(33)32(4,30(34)27-24-21-18-15-12-9-6-2)31(35)28-25-22-19-16-13-10-7-3/h32H,5-28H2,1-4H3. The van der Waals surface area contributed by atoms with Crippen LogP contribution in [0.2, 0.25) is 5.71 Å². The normalized spacial score (nSPS) is 12.1. The van der Waals surface area contributed by atoms with E-state index in [1.165, 1.54) is 77.0 Å². The minimum atomic E-state index is -3.85. The number of carbonyl (C=O) groups is 3. The van der Waals surface area contributed by atoms with E-state index in [1.54, 1.807) is 0 Å². The molecule has 4 heteroatoms. The molecule has 0 aromatic carbocycles. The SMILES string of the molecule is CCCCCCCCCC(=O)[AsH](C)(C(=O)CCCCCCCCC)C(=O)CCCCCCCCC. The molecular formula is C31H61AsO3. The molecule has 0 aromatic rings. The van der Waals surface area contributed by atoms with Crippen LogP contribution in [-0.2, 0) is 14.4 Å². The van der Waals surface area contributed by atoms with Crippen molar-refractivity contribution in [2.75, 3.05) is 0 Å². The van der Waals surface area contributed by atoms with E-state index in [1.807, 2.05) is 5.71 Å². The number of rotatable bonds is 27. The van der Waals surface area contributed by atoms with E-state index in [9.17, 15) is 14.4 Å². The molecule has 0 aliphatic heterocycles. The fraction of sp³-hybridized carbons (Fsp3) is 0.903. The van der Waals surface area contributed by atoms with Crippen molar-refractivity contribution in [3.63, 3.8) is 0 Å². The van der Waals surface area contributed by atoms with E-state index in [2.05, 4.69) is 20.8 Å². The van der Waals surface area contributed by atoms with Crippen LogP contribution in [0.5, 0.6) is 0 Å². The fourth-order valence-electron chi connectivity index (χ4n) is 4.94. The topological polar surface area (TPSA) is 51.2 Å². The van der Waals surface area contributed by atoms with Crippen LogP contribution < -0.4 is 0 Å². The van der Waals surface area contributed by atoms with Crippen molar-refractivity contribution >= 4 is 27.3 Å². The molecule has 0 saturated carbocycles. The third-order valence-corrected chi connectivity index (χ3v) is 16.3. The fourth-order valence-corrected chi connectivity index (χ4v) is 11.2. The van der Waals surface area contributed by atoms with Gasteiger partial charge >= 0.3 is 222 Å². The summed E-state index contributed by atoms with van der Waals surface area (Å²) in [4.78, 5) is 40.0. The summed E-state index contributed by atoms with van der Waals surface area (Å²) in [5.74, 6) is 0. The Bertz CT molecular complexity index is 469. The number of hydrogen-bond acceptors (Lipinski definition) is 3. The summed E-state index contributed by atoms with van der Waals surface area (Å²) < 4.78 is 0.207. The quantitative estimate of drug-likeness (QED) is 0.0748. The van der Waals surface area contributed by atoms with Crippen molar-refractivity contribution in [2.45, 2.75) is 181 Å². The number of carbonyl (C=O) groups excluding carboxylic acids is 3. The second-order valence-electron chi connectivity index (χ2n) is 11.0. The van der Waals surface area contributed by atoms with Gasteiger partial charge in [-0.05, 0) is 0 Å². The molecule has 0 N–H and O–H groups in total. The van der Waals surface area contributed by atoms with Gasteiger partial charge in [-0.3, -0.25) is 0 Å². The van der Waals surface area contributed by atoms with Gasteiger partial charge in [0.15, 0.2) is 0 Å². The molecule has 35 heavy (non-hydrogen) atoms. The van der Waals surface area contributed by atoms with Crippen LogP contribution in [0, 0.1) is 0 Å². The molecule has 0 spiro atoms. The minimum absolute atomic E-state index is 0.0689. The van der Waals surface area contributed by atoms with Gasteiger partial charge in [-0.15, -0.1) is 0 Å². The molecule has 0 unspecified atom stereocenters. The summed E-state index contributed by atoms with van der Waals surface area (Å²) in [6.45, 7) is 6.66. The van der Waals surface area contributed by atoms with Gasteiger partial charge in [0.2, 0.25) is 0 Å². The second-order valence-corrected chi connectivity index (χ2v) is 19.2. The first-order chi connectivity index (χ1) is 16.9. The first kappa shape index (κ1) is 34.6. The monoisotopic (exact) mass is 556 g/mol. The van der Waals surface area contributed by atoms with Crippen molar-refractivity contribution in [2.24, 2.45) is 0 Å². The third kappa shape index (κ3) is 16.8. The number of unbranched alkanes of at least 4 members (excludes halogenated alkanes) is 18. The molecule has 0 radical (unpaired) electrons. The second kappa shape index (κ2) is 23.9. The van der Waals surface area contributed by atoms with Gasteiger partial charge in [0.25, 0.3) is 0 Å². The summed E-state index contributed by atoms with van der Waals surface area (Å²) in [7, 11) is 0. The molecule has 0 fully saturated rings. The average Bonchev–Trinajstić information content (AvgIpc) is 2.86. The van der Waals surface area contributed by atoms with Crippen molar-refractivity contribution in [3.05, 3.63) is 0 Å². The van der Waals surface area contributed by atoms with Crippen LogP contribution in [-0.4, -0.2) is 27.3 Å². The van der Waals surface area contributed by atoms with E-state index in [0.717, 1.165) is 57.8 Å². The molecule has 0 amide bonds. The summed E-state index contributed by atoms with van der Waals surface area (Å²) in [6, 6.07) is 0. The zero-order valence-corrected chi connectivity index (χ0v) is 26.3. The Morgan fingerprint density at radius 3 is 0.800 bits per heavy atom. The van der Waals surface area contributed by atoms with Crippen molar-refractivity contribution in [1.82, 2.24) is 0 Å². The van der Waals surface area contributed by atoms with Gasteiger partial charge in [0, 0.05) is 0 Å². The zero-order chi connectivity index (χ0) is 26.2. The predicted molar refractivity (Wildman–Crippen MR) is 156 cm³/mol. The Morgan fingerprint density at radius 2 is 0.571 bits per heavy atom. The van der Waals surface area contributed by atoms with Crippen LogP contribution in [0.4, 0.5) is 0 Å². The summed E-state index contributed by atoms with van der Waals surface area (Å²) >= 11 is -3.85. The molecule has 208 valence electrons. The molecule has 0 saturated heterocycles. The van der Waals surface area contributed by atoms with Gasteiger partial charge in [-0.2, -0.15) is 0 Å². The Morgan fingerprint density at radius 1 is 0.371 bits per heavy atom. The molecule has 0 bridgehead atoms. The molecule has 0 rings (SSSR count). The summed E-state index contributed by atoms with van der Waals surface area (Å²) in [5, 5.41) is 0. The Balaban J connectivity index is 4.72. The van der Waals surface area contributed by atoms with Crippen molar-refractivity contribution < 1.29 is 14.4 Å². The molecule has 0 atom stereocenters. The first-order valence-corrected chi connectivity index (χ1v) is 20.8. The number of hydrogen-bond donors (Lipinski definition) is 0. The van der Waals surface area contributed by atoms with Gasteiger partial charge < -0.3 is 0 Å². The Kier molecular flexibility index (Phi) is 23.6. The van der Waals surface area contributed by atoms with Gasteiger partial charge in [-0.25, -0.2) is 0 Å². The predicted octanol–water partition coefficient (Wildman–Crippen LogP) is 9.54. The van der Waals surface area contributed by atoms with Gasteiger partial charge in [0.05, 0.1) is 0 Å². The summed E-state index contributed by atoms with van der Waals surface area (Å²) in [5.41, 5.74) is 1.84. The van der Waals surface area contributed by atoms with Crippen molar-refractivity contribution in [1.29, 1.82) is 0 Å². The molecule has 0 aliphatic rings. The van der Waals surface area contributed by atoms with E-state index in [4.69, 9.17) is 0 Å². The van der Waals surface area contributed by atoms with Crippen LogP contribution in [0.25, 0.3) is 0 Å². The average molecular weight is 557 g/mol. The van der Waals surface area contributed by atoms with Gasteiger partial charge in [0.1, 0.15) is 0 Å². The Labute approximate surface area is 221 Å². The van der Waals surface area contributed by atoms with E-state index < -0.39 is 13.6 Å². The Hall–Kier alpha value is -0.432. The molecule has 0 aromatic heterocycles. The molecule has 0 heterocycles. The molecule has 3 nitrogen and oxygen atoms in total. The molecule has 0 aliphatic carbocycles. The first-order valence-electron chi connectivity index (χ1n) is 15.5. The van der Waals surface area contributed by atoms with Crippen molar-refractivity contribution in [3.8, 4) is 0 Å². The van der Waals surface area contributed by atoms with E-state index in [0.29, 0.717) is 19.3 Å². The molecular weight excluding hydrogens is 495 g/mol. The van der Waals surface area contributed by atoms with E-state index >= 15 is 0 Å². The third-order valence-electron chi connectivity index (χ3n) is 7.70. The van der Waals surface area contributed by atoms with Crippen LogP contribution in [0.15, 0.2) is 0 Å². The zero-order valence-electron chi connectivity index (χ0n) is 24.2. The van der Waals surface area contributed by atoms with Crippen LogP contribution >= 0.6 is 0 Å². The van der Waals surface area contributed by atoms with Crippen LogP contribution in [0.3, 0.4) is 0 Å². The summed E-state index contributed by atoms with van der Waals surface area (Å²) in [6.07, 6.45) is 25.6. The van der Waals surface area contributed by atoms with Gasteiger partial charge in [-0.1, -0.05) is 0 Å². The van der Waals surface area contributed by atoms with Crippen LogP contribution in [0.1, 0.15) is 175 Å².